The standard InChI is InChI=1S/C23H25N3O2/c1-23(2,3)28-22(27)25-20(17-11-9-16(15-24)10-12-17)14-19-13-18-7-5-6-8-21(18)26(19)4/h5-13,20H,14H2,1-4H3,(H,25,27). The molecule has 0 saturated carbocycles. The van der Waals surface area contributed by atoms with Crippen LogP contribution < -0.4 is 5.32 Å². The molecule has 144 valence electrons. The van der Waals surface area contributed by atoms with E-state index in [2.05, 4.69) is 34.2 Å². The van der Waals surface area contributed by atoms with Gasteiger partial charge in [-0.15, -0.1) is 0 Å². The van der Waals surface area contributed by atoms with Crippen LogP contribution in [0.15, 0.2) is 54.6 Å². The van der Waals surface area contributed by atoms with Crippen LogP contribution in [0.3, 0.4) is 0 Å². The van der Waals surface area contributed by atoms with Crippen LogP contribution in [0.4, 0.5) is 4.79 Å². The first kappa shape index (κ1) is 19.5. The first-order chi connectivity index (χ1) is 13.3. The van der Waals surface area contributed by atoms with E-state index < -0.39 is 11.7 Å². The lowest BCUT2D eigenvalue weighted by molar-refractivity contribution is 0.0503. The highest BCUT2D eigenvalue weighted by atomic mass is 16.6. The van der Waals surface area contributed by atoms with Gasteiger partial charge >= 0.3 is 6.09 Å². The van der Waals surface area contributed by atoms with Gasteiger partial charge in [-0.2, -0.15) is 5.26 Å². The number of aromatic nitrogens is 1. The van der Waals surface area contributed by atoms with Gasteiger partial charge in [-0.25, -0.2) is 4.79 Å². The number of hydrogen-bond donors (Lipinski definition) is 1. The van der Waals surface area contributed by atoms with Crippen LogP contribution in [0, 0.1) is 11.3 Å². The van der Waals surface area contributed by atoms with Crippen molar-refractivity contribution < 1.29 is 9.53 Å². The van der Waals surface area contributed by atoms with Crippen molar-refractivity contribution in [3.05, 3.63) is 71.4 Å². The number of hydrogen-bond acceptors (Lipinski definition) is 3. The summed E-state index contributed by atoms with van der Waals surface area (Å²) < 4.78 is 7.59. The highest BCUT2D eigenvalue weighted by molar-refractivity contribution is 5.81. The lowest BCUT2D eigenvalue weighted by Gasteiger charge is -2.24. The normalized spacial score (nSPS) is 12.4. The molecule has 3 aromatic rings. The largest absolute Gasteiger partial charge is 0.444 e. The summed E-state index contributed by atoms with van der Waals surface area (Å²) >= 11 is 0. The van der Waals surface area contributed by atoms with Crippen LogP contribution in [0.2, 0.25) is 0 Å². The summed E-state index contributed by atoms with van der Waals surface area (Å²) in [5.74, 6) is 0. The average Bonchev–Trinajstić information content (AvgIpc) is 2.96. The third-order valence-corrected chi connectivity index (χ3v) is 4.60. The summed E-state index contributed by atoms with van der Waals surface area (Å²) in [5, 5.41) is 13.2. The number of fused-ring (bicyclic) bond motifs is 1. The minimum atomic E-state index is -0.570. The zero-order chi connectivity index (χ0) is 20.3. The number of nitrogens with one attached hydrogen (secondary N) is 1. The second kappa shape index (κ2) is 7.77. The number of carbonyl (C=O) groups excluding carboxylic acids is 1. The number of aryl methyl sites for hydroxylation is 1. The van der Waals surface area contributed by atoms with E-state index in [1.807, 2.05) is 52.1 Å². The Morgan fingerprint density at radius 3 is 2.46 bits per heavy atom. The van der Waals surface area contributed by atoms with Gasteiger partial charge in [-0.05, 0) is 56.0 Å². The molecule has 1 aromatic heterocycles. The van der Waals surface area contributed by atoms with Gasteiger partial charge in [0.05, 0.1) is 17.7 Å². The minimum Gasteiger partial charge on any atom is -0.444 e. The van der Waals surface area contributed by atoms with Crippen LogP contribution in [0.1, 0.15) is 43.6 Å². The van der Waals surface area contributed by atoms with Crippen molar-refractivity contribution in [1.29, 1.82) is 5.26 Å². The fourth-order valence-corrected chi connectivity index (χ4v) is 3.24. The second-order valence-electron chi connectivity index (χ2n) is 7.89. The van der Waals surface area contributed by atoms with E-state index in [9.17, 15) is 4.79 Å². The molecule has 1 atom stereocenters. The average molecular weight is 375 g/mol. The summed E-state index contributed by atoms with van der Waals surface area (Å²) in [4.78, 5) is 12.4. The Bertz CT molecular complexity index is 1020. The number of rotatable bonds is 4. The van der Waals surface area contributed by atoms with Crippen molar-refractivity contribution in [2.24, 2.45) is 7.05 Å². The molecule has 0 aliphatic carbocycles. The third-order valence-electron chi connectivity index (χ3n) is 4.60. The Labute approximate surface area is 165 Å². The summed E-state index contributed by atoms with van der Waals surface area (Å²) in [6.07, 6.45) is 0.150. The lowest BCUT2D eigenvalue weighted by Crippen LogP contribution is -2.36. The highest BCUT2D eigenvalue weighted by Crippen LogP contribution is 2.25. The maximum absolute atomic E-state index is 12.4. The number of nitriles is 1. The monoisotopic (exact) mass is 375 g/mol. The molecule has 0 spiro atoms. The minimum absolute atomic E-state index is 0.273. The summed E-state index contributed by atoms with van der Waals surface area (Å²) in [7, 11) is 2.03. The number of para-hydroxylation sites is 1. The van der Waals surface area contributed by atoms with Gasteiger partial charge in [0.2, 0.25) is 0 Å². The van der Waals surface area contributed by atoms with Gasteiger partial charge in [-0.1, -0.05) is 30.3 Å². The topological polar surface area (TPSA) is 67.1 Å². The van der Waals surface area contributed by atoms with Crippen molar-refractivity contribution in [2.45, 2.75) is 38.8 Å². The smallest absolute Gasteiger partial charge is 0.408 e. The molecule has 1 amide bonds. The molecule has 5 heteroatoms. The van der Waals surface area contributed by atoms with Gasteiger partial charge in [0.25, 0.3) is 0 Å². The Balaban J connectivity index is 1.91. The molecular weight excluding hydrogens is 350 g/mol. The first-order valence-electron chi connectivity index (χ1n) is 9.30. The Hall–Kier alpha value is -3.26. The zero-order valence-corrected chi connectivity index (χ0v) is 16.7. The molecule has 0 aliphatic heterocycles. The lowest BCUT2D eigenvalue weighted by atomic mass is 10.0. The van der Waals surface area contributed by atoms with E-state index in [0.717, 1.165) is 22.2 Å². The van der Waals surface area contributed by atoms with Gasteiger partial charge in [0.1, 0.15) is 5.60 Å². The number of ether oxygens (including phenoxy) is 1. The maximum Gasteiger partial charge on any atom is 0.408 e. The number of nitrogens with zero attached hydrogens (tertiary/aromatic N) is 2. The fourth-order valence-electron chi connectivity index (χ4n) is 3.24. The zero-order valence-electron chi connectivity index (χ0n) is 16.7. The quantitative estimate of drug-likeness (QED) is 0.708. The molecule has 5 nitrogen and oxygen atoms in total. The summed E-state index contributed by atoms with van der Waals surface area (Å²) in [6.45, 7) is 5.52. The van der Waals surface area contributed by atoms with E-state index in [1.54, 1.807) is 12.1 Å². The van der Waals surface area contributed by atoms with Gasteiger partial charge < -0.3 is 14.6 Å². The maximum atomic E-state index is 12.4. The SMILES string of the molecule is Cn1c(CC(NC(=O)OC(C)(C)C)c2ccc(C#N)cc2)cc2ccccc21. The molecule has 0 radical (unpaired) electrons. The molecule has 0 aliphatic rings. The predicted octanol–water partition coefficient (Wildman–Crippen LogP) is 4.86. The van der Waals surface area contributed by atoms with E-state index in [1.165, 1.54) is 0 Å². The van der Waals surface area contributed by atoms with Crippen molar-refractivity contribution >= 4 is 17.0 Å². The molecule has 1 unspecified atom stereocenters. The number of alkyl carbamates (subject to hydrolysis) is 1. The van der Waals surface area contributed by atoms with E-state index >= 15 is 0 Å². The molecule has 0 fully saturated rings. The van der Waals surface area contributed by atoms with Gasteiger partial charge in [0.15, 0.2) is 0 Å². The predicted molar refractivity (Wildman–Crippen MR) is 110 cm³/mol. The van der Waals surface area contributed by atoms with Crippen molar-refractivity contribution in [3.63, 3.8) is 0 Å². The van der Waals surface area contributed by atoms with Gasteiger partial charge in [0, 0.05) is 24.7 Å². The first-order valence-corrected chi connectivity index (χ1v) is 9.30. The van der Waals surface area contributed by atoms with E-state index in [-0.39, 0.29) is 6.04 Å². The van der Waals surface area contributed by atoms with Crippen LogP contribution >= 0.6 is 0 Å². The molecule has 2 aromatic carbocycles. The summed E-state index contributed by atoms with van der Waals surface area (Å²) in [6, 6.07) is 19.5. The van der Waals surface area contributed by atoms with Crippen molar-refractivity contribution in [1.82, 2.24) is 9.88 Å². The van der Waals surface area contributed by atoms with Crippen LogP contribution in [-0.4, -0.2) is 16.3 Å². The molecule has 0 bridgehead atoms. The van der Waals surface area contributed by atoms with Crippen LogP contribution in [0.25, 0.3) is 10.9 Å². The third kappa shape index (κ3) is 4.52. The Morgan fingerprint density at radius 1 is 1.18 bits per heavy atom. The number of benzene rings is 2. The molecule has 1 heterocycles. The Kier molecular flexibility index (Phi) is 5.41. The van der Waals surface area contributed by atoms with E-state index in [4.69, 9.17) is 10.00 Å². The molecular formula is C23H25N3O2. The Morgan fingerprint density at radius 2 is 1.86 bits per heavy atom. The number of amides is 1. The van der Waals surface area contributed by atoms with Crippen molar-refractivity contribution in [3.8, 4) is 6.07 Å². The fraction of sp³-hybridized carbons (Fsp3) is 0.304. The van der Waals surface area contributed by atoms with Crippen LogP contribution in [0.5, 0.6) is 0 Å². The van der Waals surface area contributed by atoms with Gasteiger partial charge in [-0.3, -0.25) is 0 Å². The molecule has 28 heavy (non-hydrogen) atoms. The molecule has 1 N–H and O–H groups in total. The van der Waals surface area contributed by atoms with E-state index in [0.29, 0.717) is 12.0 Å². The molecule has 0 saturated heterocycles. The van der Waals surface area contributed by atoms with Crippen molar-refractivity contribution in [2.75, 3.05) is 0 Å². The van der Waals surface area contributed by atoms with Crippen LogP contribution in [-0.2, 0) is 18.2 Å². The molecule has 3 rings (SSSR count). The summed E-state index contributed by atoms with van der Waals surface area (Å²) in [5.41, 5.74) is 3.19. The highest BCUT2D eigenvalue weighted by Gasteiger charge is 2.22. The number of carbonyl (C=O) groups is 1. The second-order valence-corrected chi connectivity index (χ2v) is 7.89.